The van der Waals surface area contributed by atoms with Crippen molar-refractivity contribution in [2.75, 3.05) is 5.32 Å². The maximum atomic E-state index is 11.5. The van der Waals surface area contributed by atoms with E-state index in [1.807, 2.05) is 0 Å². The minimum atomic E-state index is -1.01. The molecule has 2 aromatic rings. The maximum Gasteiger partial charge on any atom is 0.335 e. The molecular weight excluding hydrogens is 250 g/mol. The van der Waals surface area contributed by atoms with Gasteiger partial charge in [0.15, 0.2) is 0 Å². The fourth-order valence-electron chi connectivity index (χ4n) is 1.37. The van der Waals surface area contributed by atoms with Gasteiger partial charge in [-0.1, -0.05) is 5.16 Å². The molecule has 0 atom stereocenters. The second kappa shape index (κ2) is 5.67. The minimum absolute atomic E-state index is 0.161. The van der Waals surface area contributed by atoms with Crippen LogP contribution in [0.1, 0.15) is 16.1 Å². The lowest BCUT2D eigenvalue weighted by Gasteiger charge is -2.06. The summed E-state index contributed by atoms with van der Waals surface area (Å²) in [5, 5.41) is 17.5. The van der Waals surface area contributed by atoms with Gasteiger partial charge in [0.05, 0.1) is 12.1 Å². The zero-order valence-corrected chi connectivity index (χ0v) is 9.79. The Morgan fingerprint density at radius 2 is 1.95 bits per heavy atom. The zero-order chi connectivity index (χ0) is 13.7. The molecule has 1 heterocycles. The smallest absolute Gasteiger partial charge is 0.335 e. The van der Waals surface area contributed by atoms with Crippen molar-refractivity contribution in [3.63, 3.8) is 0 Å². The normalized spacial score (nSPS) is 9.89. The standard InChI is InChI=1S/C12H11N3O4/c16-11(17)8-1-3-9(4-2-8)14-12(18)13-7-10-5-6-19-15-10/h1-6H,7H2,(H,16,17)(H2,13,14,18). The quantitative estimate of drug-likeness (QED) is 0.776. The molecule has 1 aromatic heterocycles. The van der Waals surface area contributed by atoms with Crippen molar-refractivity contribution >= 4 is 17.7 Å². The van der Waals surface area contributed by atoms with Gasteiger partial charge in [-0.05, 0) is 24.3 Å². The lowest BCUT2D eigenvalue weighted by atomic mass is 10.2. The van der Waals surface area contributed by atoms with Crippen LogP contribution in [-0.4, -0.2) is 22.3 Å². The largest absolute Gasteiger partial charge is 0.478 e. The number of nitrogens with zero attached hydrogens (tertiary/aromatic N) is 1. The molecule has 2 amide bonds. The number of anilines is 1. The molecular formula is C12H11N3O4. The number of benzene rings is 1. The van der Waals surface area contributed by atoms with Crippen LogP contribution in [0.15, 0.2) is 41.1 Å². The molecule has 98 valence electrons. The van der Waals surface area contributed by atoms with E-state index in [0.717, 1.165) is 0 Å². The molecule has 3 N–H and O–H groups in total. The summed E-state index contributed by atoms with van der Waals surface area (Å²) in [6.07, 6.45) is 1.42. The van der Waals surface area contributed by atoms with Crippen LogP contribution in [0.5, 0.6) is 0 Å². The average Bonchev–Trinajstić information content (AvgIpc) is 2.90. The lowest BCUT2D eigenvalue weighted by Crippen LogP contribution is -2.28. The molecule has 0 radical (unpaired) electrons. The van der Waals surface area contributed by atoms with Crippen molar-refractivity contribution in [1.82, 2.24) is 10.5 Å². The Bertz CT molecular complexity index is 563. The van der Waals surface area contributed by atoms with Crippen LogP contribution in [0.2, 0.25) is 0 Å². The predicted octanol–water partition coefficient (Wildman–Crippen LogP) is 1.69. The highest BCUT2D eigenvalue weighted by molar-refractivity contribution is 5.91. The minimum Gasteiger partial charge on any atom is -0.478 e. The van der Waals surface area contributed by atoms with Crippen LogP contribution in [0.25, 0.3) is 0 Å². The summed E-state index contributed by atoms with van der Waals surface area (Å²) in [4.78, 5) is 22.2. The van der Waals surface area contributed by atoms with Crippen molar-refractivity contribution in [1.29, 1.82) is 0 Å². The Balaban J connectivity index is 1.86. The van der Waals surface area contributed by atoms with E-state index in [1.54, 1.807) is 6.07 Å². The first kappa shape index (κ1) is 12.6. The third kappa shape index (κ3) is 3.56. The van der Waals surface area contributed by atoms with E-state index in [0.29, 0.717) is 11.4 Å². The van der Waals surface area contributed by atoms with Gasteiger partial charge in [0.1, 0.15) is 12.0 Å². The molecule has 1 aromatic carbocycles. The van der Waals surface area contributed by atoms with Crippen molar-refractivity contribution < 1.29 is 19.2 Å². The molecule has 0 bridgehead atoms. The molecule has 2 rings (SSSR count). The van der Waals surface area contributed by atoms with E-state index in [1.165, 1.54) is 30.5 Å². The molecule has 0 saturated heterocycles. The summed E-state index contributed by atoms with van der Waals surface area (Å²) in [6.45, 7) is 0.246. The van der Waals surface area contributed by atoms with E-state index in [4.69, 9.17) is 5.11 Å². The molecule has 0 saturated carbocycles. The second-order valence-corrected chi connectivity index (χ2v) is 3.68. The number of aromatic carboxylic acids is 1. The third-order valence-corrected chi connectivity index (χ3v) is 2.31. The number of hydrogen-bond acceptors (Lipinski definition) is 4. The number of rotatable bonds is 4. The first-order valence-electron chi connectivity index (χ1n) is 5.42. The molecule has 0 aliphatic carbocycles. The number of carboxylic acid groups (broad SMARTS) is 1. The van der Waals surface area contributed by atoms with Gasteiger partial charge in [0.25, 0.3) is 0 Å². The van der Waals surface area contributed by atoms with E-state index in [2.05, 4.69) is 20.3 Å². The molecule has 7 heteroatoms. The maximum absolute atomic E-state index is 11.5. The van der Waals surface area contributed by atoms with Crippen LogP contribution >= 0.6 is 0 Å². The summed E-state index contributed by atoms with van der Waals surface area (Å²) in [5.41, 5.74) is 1.27. The topological polar surface area (TPSA) is 104 Å². The highest BCUT2D eigenvalue weighted by atomic mass is 16.5. The van der Waals surface area contributed by atoms with Gasteiger partial charge in [-0.3, -0.25) is 0 Å². The van der Waals surface area contributed by atoms with Gasteiger partial charge in [-0.15, -0.1) is 0 Å². The van der Waals surface area contributed by atoms with Gasteiger partial charge in [0, 0.05) is 11.8 Å². The molecule has 0 unspecified atom stereocenters. The van der Waals surface area contributed by atoms with Crippen LogP contribution in [0.3, 0.4) is 0 Å². The van der Waals surface area contributed by atoms with Crippen molar-refractivity contribution in [3.8, 4) is 0 Å². The van der Waals surface area contributed by atoms with Crippen LogP contribution in [-0.2, 0) is 6.54 Å². The first-order valence-corrected chi connectivity index (χ1v) is 5.42. The van der Waals surface area contributed by atoms with Crippen LogP contribution in [0.4, 0.5) is 10.5 Å². The number of urea groups is 1. The van der Waals surface area contributed by atoms with Gasteiger partial charge in [-0.2, -0.15) is 0 Å². The van der Waals surface area contributed by atoms with E-state index in [9.17, 15) is 9.59 Å². The first-order chi connectivity index (χ1) is 9.15. The molecule has 7 nitrogen and oxygen atoms in total. The summed E-state index contributed by atoms with van der Waals surface area (Å²) in [6, 6.07) is 7.08. The fourth-order valence-corrected chi connectivity index (χ4v) is 1.37. The van der Waals surface area contributed by atoms with Gasteiger partial charge >= 0.3 is 12.0 Å². The molecule has 0 aliphatic rings. The second-order valence-electron chi connectivity index (χ2n) is 3.68. The monoisotopic (exact) mass is 261 g/mol. The predicted molar refractivity (Wildman–Crippen MR) is 65.8 cm³/mol. The summed E-state index contributed by atoms with van der Waals surface area (Å²) < 4.78 is 4.62. The van der Waals surface area contributed by atoms with Crippen molar-refractivity contribution in [3.05, 3.63) is 47.9 Å². The Morgan fingerprint density at radius 1 is 1.21 bits per heavy atom. The molecule has 0 aliphatic heterocycles. The third-order valence-electron chi connectivity index (χ3n) is 2.31. The molecule has 0 spiro atoms. The highest BCUT2D eigenvalue weighted by Crippen LogP contribution is 2.09. The number of carbonyl (C=O) groups is 2. The van der Waals surface area contributed by atoms with Crippen molar-refractivity contribution in [2.45, 2.75) is 6.54 Å². The van der Waals surface area contributed by atoms with Gasteiger partial charge < -0.3 is 20.3 Å². The Hall–Kier alpha value is -2.83. The van der Waals surface area contributed by atoms with E-state index < -0.39 is 12.0 Å². The number of hydrogen-bond donors (Lipinski definition) is 3. The van der Waals surface area contributed by atoms with Gasteiger partial charge in [0.2, 0.25) is 0 Å². The highest BCUT2D eigenvalue weighted by Gasteiger charge is 2.05. The summed E-state index contributed by atoms with van der Waals surface area (Å²) in [5.74, 6) is -1.01. The summed E-state index contributed by atoms with van der Waals surface area (Å²) >= 11 is 0. The number of carbonyl (C=O) groups excluding carboxylic acids is 1. The van der Waals surface area contributed by atoms with Crippen LogP contribution < -0.4 is 10.6 Å². The van der Waals surface area contributed by atoms with E-state index >= 15 is 0 Å². The Kier molecular flexibility index (Phi) is 3.77. The number of carboxylic acids is 1. The fraction of sp³-hybridized carbons (Fsp3) is 0.0833. The molecule has 0 fully saturated rings. The van der Waals surface area contributed by atoms with Gasteiger partial charge in [-0.25, -0.2) is 9.59 Å². The number of aromatic nitrogens is 1. The van der Waals surface area contributed by atoms with Crippen molar-refractivity contribution in [2.24, 2.45) is 0 Å². The van der Waals surface area contributed by atoms with Crippen LogP contribution in [0, 0.1) is 0 Å². The Labute approximate surface area is 108 Å². The lowest BCUT2D eigenvalue weighted by molar-refractivity contribution is 0.0697. The van der Waals surface area contributed by atoms with E-state index in [-0.39, 0.29) is 12.1 Å². The number of amides is 2. The number of nitrogens with one attached hydrogen (secondary N) is 2. The molecule has 19 heavy (non-hydrogen) atoms. The Morgan fingerprint density at radius 3 is 2.53 bits per heavy atom. The average molecular weight is 261 g/mol. The SMILES string of the molecule is O=C(NCc1ccon1)Nc1ccc(C(=O)O)cc1. The summed E-state index contributed by atoms with van der Waals surface area (Å²) in [7, 11) is 0. The zero-order valence-electron chi connectivity index (χ0n) is 9.79.